The minimum absolute atomic E-state index is 0.0242. The molecular formula is C32H35FN8O2S. The molecule has 0 radical (unpaired) electrons. The number of nitrogens with zero attached hydrogens (tertiary/aromatic N) is 7. The number of aromatic nitrogens is 5. The van der Waals surface area contributed by atoms with E-state index in [2.05, 4.69) is 58.2 Å². The smallest absolute Gasteiger partial charge is 0.211 e. The number of hydrogen-bond donors (Lipinski definition) is 1. The molecule has 1 saturated heterocycles. The van der Waals surface area contributed by atoms with Crippen molar-refractivity contribution in [1.29, 1.82) is 0 Å². The minimum atomic E-state index is -3.27. The Kier molecular flexibility index (Phi) is 7.80. The fourth-order valence-electron chi connectivity index (χ4n) is 5.71. The molecule has 3 aromatic heterocycles. The van der Waals surface area contributed by atoms with Gasteiger partial charge >= 0.3 is 0 Å². The Morgan fingerprint density at radius 3 is 2.59 bits per heavy atom. The number of pyridine rings is 1. The number of rotatable bonds is 9. The molecule has 10 nitrogen and oxygen atoms in total. The van der Waals surface area contributed by atoms with Crippen molar-refractivity contribution in [2.24, 2.45) is 0 Å². The fraction of sp³-hybridized carbons (Fsp3) is 0.312. The van der Waals surface area contributed by atoms with Crippen LogP contribution in [0.1, 0.15) is 37.8 Å². The van der Waals surface area contributed by atoms with Gasteiger partial charge in [-0.25, -0.2) is 27.8 Å². The molecule has 0 spiro atoms. The maximum Gasteiger partial charge on any atom is 0.211 e. The van der Waals surface area contributed by atoms with E-state index in [0.717, 1.165) is 16.5 Å². The van der Waals surface area contributed by atoms with Crippen LogP contribution in [0, 0.1) is 5.82 Å². The number of benzene rings is 2. The summed E-state index contributed by atoms with van der Waals surface area (Å²) >= 11 is 0. The lowest BCUT2D eigenvalue weighted by atomic mass is 9.92. The molecule has 2 atom stereocenters. The highest BCUT2D eigenvalue weighted by Gasteiger charge is 2.41. The van der Waals surface area contributed by atoms with Crippen LogP contribution < -0.4 is 10.2 Å². The third-order valence-corrected chi connectivity index (χ3v) is 9.68. The number of halogens is 1. The van der Waals surface area contributed by atoms with E-state index in [-0.39, 0.29) is 23.8 Å². The first-order valence-electron chi connectivity index (χ1n) is 14.5. The van der Waals surface area contributed by atoms with Gasteiger partial charge in [0.1, 0.15) is 17.5 Å². The van der Waals surface area contributed by atoms with Gasteiger partial charge in [0.2, 0.25) is 10.0 Å². The van der Waals surface area contributed by atoms with Crippen molar-refractivity contribution in [3.63, 3.8) is 0 Å². The summed E-state index contributed by atoms with van der Waals surface area (Å²) in [7, 11) is -1.63. The first-order valence-corrected chi connectivity index (χ1v) is 16.3. The third kappa shape index (κ3) is 5.74. The van der Waals surface area contributed by atoms with E-state index < -0.39 is 10.0 Å². The van der Waals surface area contributed by atoms with Crippen LogP contribution in [0.25, 0.3) is 22.2 Å². The summed E-state index contributed by atoms with van der Waals surface area (Å²) in [6.07, 6.45) is 8.25. The second-order valence-electron chi connectivity index (χ2n) is 11.6. The Labute approximate surface area is 256 Å². The van der Waals surface area contributed by atoms with Gasteiger partial charge in [-0.2, -0.15) is 9.40 Å². The van der Waals surface area contributed by atoms with Gasteiger partial charge in [0.25, 0.3) is 0 Å². The predicted molar refractivity (Wildman–Crippen MR) is 171 cm³/mol. The summed E-state index contributed by atoms with van der Waals surface area (Å²) < 4.78 is 41.5. The molecule has 0 unspecified atom stereocenters. The quantitative estimate of drug-likeness (QED) is 0.235. The Morgan fingerprint density at radius 1 is 1.07 bits per heavy atom. The maximum absolute atomic E-state index is 14.1. The van der Waals surface area contributed by atoms with E-state index >= 15 is 0 Å². The molecule has 0 saturated carbocycles. The zero-order valence-electron chi connectivity index (χ0n) is 25.3. The first kappa shape index (κ1) is 29.6. The molecule has 228 valence electrons. The molecule has 5 aromatic rings. The van der Waals surface area contributed by atoms with Gasteiger partial charge in [0.05, 0.1) is 30.6 Å². The van der Waals surface area contributed by atoms with Crippen LogP contribution in [0.15, 0.2) is 73.3 Å². The van der Waals surface area contributed by atoms with Crippen LogP contribution in [-0.4, -0.2) is 69.4 Å². The van der Waals surface area contributed by atoms with Crippen molar-refractivity contribution in [2.75, 3.05) is 30.1 Å². The first-order chi connectivity index (χ1) is 21.0. The van der Waals surface area contributed by atoms with Crippen molar-refractivity contribution in [3.05, 3.63) is 90.3 Å². The molecule has 1 fully saturated rings. The molecule has 4 heterocycles. The third-order valence-electron chi connectivity index (χ3n) is 8.36. The summed E-state index contributed by atoms with van der Waals surface area (Å²) in [4.78, 5) is 16.1. The molecule has 1 aliphatic rings. The van der Waals surface area contributed by atoms with Crippen LogP contribution in [-0.2, 0) is 16.6 Å². The standard InChI is InChI=1S/C32H35FN8O2S/c1-20(2)24-10-11-28(41-19-29(21(41)3)39(4)44(5,42)43)26-16-35-31(14-25(24)26)37-30-12-13-34-32(38-30)23-15-36-40(18-23)17-22-8-6-7-9-27(22)33/h6-16,18,20-21,29H,17,19H2,1-5H3,(H,34,35,37,38)/t21-,29+/m1/s1. The number of nitrogens with one attached hydrogen (secondary N) is 1. The maximum atomic E-state index is 14.1. The molecule has 2 aromatic carbocycles. The largest absolute Gasteiger partial charge is 0.365 e. The molecular weight excluding hydrogens is 579 g/mol. The van der Waals surface area contributed by atoms with E-state index in [9.17, 15) is 12.8 Å². The van der Waals surface area contributed by atoms with Gasteiger partial charge in [-0.1, -0.05) is 38.1 Å². The summed E-state index contributed by atoms with van der Waals surface area (Å²) in [5.74, 6) is 1.72. The molecule has 0 aliphatic carbocycles. The Morgan fingerprint density at radius 2 is 1.86 bits per heavy atom. The van der Waals surface area contributed by atoms with Gasteiger partial charge in [0.15, 0.2) is 5.82 Å². The van der Waals surface area contributed by atoms with Crippen molar-refractivity contribution in [1.82, 2.24) is 29.0 Å². The Balaban J connectivity index is 1.25. The number of sulfonamides is 1. The Bertz CT molecular complexity index is 1940. The lowest BCUT2D eigenvalue weighted by Gasteiger charge is -2.51. The van der Waals surface area contributed by atoms with Gasteiger partial charge < -0.3 is 10.2 Å². The number of fused-ring (bicyclic) bond motifs is 1. The summed E-state index contributed by atoms with van der Waals surface area (Å²) in [6.45, 7) is 7.29. The summed E-state index contributed by atoms with van der Waals surface area (Å²) in [5, 5.41) is 9.78. The van der Waals surface area contributed by atoms with E-state index in [1.807, 2.05) is 12.3 Å². The van der Waals surface area contributed by atoms with Gasteiger partial charge in [-0.15, -0.1) is 0 Å². The lowest BCUT2D eigenvalue weighted by Crippen LogP contribution is -2.65. The SMILES string of the molecule is CC(C)c1ccc(N2C[C@H](N(C)S(C)(=O)=O)[C@H]2C)c2cnc(Nc3ccnc(-c4cnn(Cc5ccccc5F)c4)n3)cc12. The van der Waals surface area contributed by atoms with Gasteiger partial charge in [0, 0.05) is 54.9 Å². The highest BCUT2D eigenvalue weighted by atomic mass is 32.2. The zero-order valence-corrected chi connectivity index (χ0v) is 26.1. The molecule has 44 heavy (non-hydrogen) atoms. The molecule has 6 rings (SSSR count). The summed E-state index contributed by atoms with van der Waals surface area (Å²) in [6, 6.07) is 14.6. The van der Waals surface area contributed by atoms with Crippen molar-refractivity contribution < 1.29 is 12.8 Å². The number of anilines is 3. The van der Waals surface area contributed by atoms with Crippen molar-refractivity contribution in [2.45, 2.75) is 45.3 Å². The average molecular weight is 615 g/mol. The van der Waals surface area contributed by atoms with Crippen LogP contribution in [0.4, 0.5) is 21.7 Å². The topological polar surface area (TPSA) is 109 Å². The molecule has 0 bridgehead atoms. The van der Waals surface area contributed by atoms with Crippen LogP contribution in [0.3, 0.4) is 0 Å². The Hall–Kier alpha value is -4.42. The highest BCUT2D eigenvalue weighted by molar-refractivity contribution is 7.88. The normalized spacial score (nSPS) is 17.0. The van der Waals surface area contributed by atoms with Gasteiger partial charge in [-0.05, 0) is 48.1 Å². The molecule has 1 aliphatic heterocycles. The second kappa shape index (κ2) is 11.6. The van der Waals surface area contributed by atoms with Crippen LogP contribution in [0.2, 0.25) is 0 Å². The van der Waals surface area contributed by atoms with Crippen LogP contribution in [0.5, 0.6) is 0 Å². The highest BCUT2D eigenvalue weighted by Crippen LogP contribution is 2.39. The summed E-state index contributed by atoms with van der Waals surface area (Å²) in [5.41, 5.74) is 3.49. The zero-order chi connectivity index (χ0) is 31.2. The number of likely N-dealkylation sites (N-methyl/N-ethyl adjacent to an activating group) is 1. The monoisotopic (exact) mass is 614 g/mol. The van der Waals surface area contributed by atoms with Gasteiger partial charge in [-0.3, -0.25) is 4.68 Å². The van der Waals surface area contributed by atoms with E-state index in [1.54, 1.807) is 54.6 Å². The number of hydrogen-bond acceptors (Lipinski definition) is 8. The van der Waals surface area contributed by atoms with Crippen molar-refractivity contribution in [3.8, 4) is 11.4 Å². The average Bonchev–Trinajstić information content (AvgIpc) is 3.45. The fourth-order valence-corrected chi connectivity index (χ4v) is 6.44. The second-order valence-corrected chi connectivity index (χ2v) is 13.6. The van der Waals surface area contributed by atoms with Crippen molar-refractivity contribution >= 4 is 38.1 Å². The van der Waals surface area contributed by atoms with E-state index in [4.69, 9.17) is 4.98 Å². The van der Waals surface area contributed by atoms with E-state index in [0.29, 0.717) is 41.7 Å². The van der Waals surface area contributed by atoms with E-state index in [1.165, 1.54) is 22.2 Å². The molecule has 12 heteroatoms. The minimum Gasteiger partial charge on any atom is -0.365 e. The molecule has 1 N–H and O–H groups in total. The lowest BCUT2D eigenvalue weighted by molar-refractivity contribution is 0.251. The van der Waals surface area contributed by atoms with Crippen LogP contribution >= 0.6 is 0 Å². The predicted octanol–water partition coefficient (Wildman–Crippen LogP) is 5.41. The molecule has 0 amide bonds.